The number of fused-ring (bicyclic) bond motifs is 1. The lowest BCUT2D eigenvalue weighted by molar-refractivity contribution is 0.292. The minimum absolute atomic E-state index is 0.187. The molecule has 2 heterocycles. The lowest BCUT2D eigenvalue weighted by atomic mass is 9.99. The van der Waals surface area contributed by atoms with Gasteiger partial charge in [-0.1, -0.05) is 6.07 Å². The van der Waals surface area contributed by atoms with Crippen molar-refractivity contribution >= 4 is 11.6 Å². The average molecular weight is 354 g/mol. The largest absolute Gasteiger partial charge is 0.497 e. The van der Waals surface area contributed by atoms with Crippen LogP contribution < -0.4 is 15.0 Å². The van der Waals surface area contributed by atoms with E-state index < -0.39 is 0 Å². The zero-order valence-corrected chi connectivity index (χ0v) is 15.2. The smallest absolute Gasteiger partial charge is 0.136 e. The fourth-order valence-corrected chi connectivity index (χ4v) is 3.38. The van der Waals surface area contributed by atoms with Gasteiger partial charge in [0, 0.05) is 38.2 Å². The maximum absolute atomic E-state index is 9.00. The first-order chi connectivity index (χ1) is 12.8. The lowest BCUT2D eigenvalue weighted by Gasteiger charge is -2.30. The molecule has 1 aromatic heterocycles. The summed E-state index contributed by atoms with van der Waals surface area (Å²) in [6.07, 6.45) is 4.07. The van der Waals surface area contributed by atoms with Crippen LogP contribution >= 0.6 is 0 Å². The molecule has 0 spiro atoms. The summed E-state index contributed by atoms with van der Waals surface area (Å²) < 4.78 is 5.34. The van der Waals surface area contributed by atoms with Gasteiger partial charge in [0.2, 0.25) is 0 Å². The second kappa shape index (κ2) is 7.50. The summed E-state index contributed by atoms with van der Waals surface area (Å²) in [5.74, 6) is 4.25. The van der Waals surface area contributed by atoms with Crippen LogP contribution in [0.4, 0.5) is 11.6 Å². The first kappa shape index (κ1) is 17.1. The number of hydrogen-bond donors (Lipinski definition) is 2. The van der Waals surface area contributed by atoms with Gasteiger partial charge in [-0.25, -0.2) is 9.97 Å². The molecule has 1 fully saturated rings. The topological polar surface area (TPSA) is 70.5 Å². The second-order valence-corrected chi connectivity index (χ2v) is 7.05. The van der Waals surface area contributed by atoms with Crippen molar-refractivity contribution in [1.82, 2.24) is 9.97 Å². The van der Waals surface area contributed by atoms with E-state index in [1.54, 1.807) is 7.11 Å². The number of ether oxygens (including phenoxy) is 1. The van der Waals surface area contributed by atoms with Gasteiger partial charge in [-0.05, 0) is 48.9 Å². The molecule has 1 aromatic carbocycles. The number of rotatable bonds is 7. The maximum atomic E-state index is 9.00. The molecule has 0 saturated heterocycles. The van der Waals surface area contributed by atoms with E-state index in [1.807, 2.05) is 12.1 Å². The molecule has 4 rings (SSSR count). The average Bonchev–Trinajstić information content (AvgIpc) is 3.52. The van der Waals surface area contributed by atoms with E-state index in [4.69, 9.17) is 14.8 Å². The van der Waals surface area contributed by atoms with Crippen LogP contribution in [0, 0.1) is 0 Å². The highest BCUT2D eigenvalue weighted by atomic mass is 16.5. The molecule has 2 aromatic rings. The molecule has 1 aliphatic carbocycles. The SMILES string of the molecule is COc1ccc2c(c1)CCN(c1cc(NCCCO)nc(C3CC3)n1)C2. The lowest BCUT2D eigenvalue weighted by Crippen LogP contribution is -2.31. The number of aliphatic hydroxyl groups excluding tert-OH is 1. The molecule has 6 nitrogen and oxygen atoms in total. The Morgan fingerprint density at radius 3 is 2.88 bits per heavy atom. The number of hydrogen-bond acceptors (Lipinski definition) is 6. The van der Waals surface area contributed by atoms with Gasteiger partial charge in [0.15, 0.2) is 0 Å². The minimum atomic E-state index is 0.187. The Morgan fingerprint density at radius 1 is 1.23 bits per heavy atom. The molecule has 0 atom stereocenters. The molecule has 0 unspecified atom stereocenters. The van der Waals surface area contributed by atoms with Crippen LogP contribution in [0.2, 0.25) is 0 Å². The number of benzene rings is 1. The molecule has 6 heteroatoms. The summed E-state index contributed by atoms with van der Waals surface area (Å²) >= 11 is 0. The number of methoxy groups -OCH3 is 1. The van der Waals surface area contributed by atoms with Gasteiger partial charge in [-0.3, -0.25) is 0 Å². The number of nitrogens with zero attached hydrogens (tertiary/aromatic N) is 3. The fraction of sp³-hybridized carbons (Fsp3) is 0.500. The van der Waals surface area contributed by atoms with Crippen LogP contribution in [-0.2, 0) is 13.0 Å². The summed E-state index contributed by atoms with van der Waals surface area (Å²) in [5.41, 5.74) is 2.69. The summed E-state index contributed by atoms with van der Waals surface area (Å²) in [7, 11) is 1.71. The third-order valence-corrected chi connectivity index (χ3v) is 5.06. The predicted molar refractivity (Wildman–Crippen MR) is 102 cm³/mol. The molecule has 0 amide bonds. The van der Waals surface area contributed by atoms with E-state index >= 15 is 0 Å². The number of anilines is 2. The van der Waals surface area contributed by atoms with Crippen molar-refractivity contribution in [3.8, 4) is 5.75 Å². The molecule has 2 aliphatic rings. The van der Waals surface area contributed by atoms with Crippen LogP contribution in [-0.4, -0.2) is 41.9 Å². The van der Waals surface area contributed by atoms with Gasteiger partial charge in [0.25, 0.3) is 0 Å². The van der Waals surface area contributed by atoms with Crippen molar-refractivity contribution in [2.45, 2.75) is 38.1 Å². The third kappa shape index (κ3) is 3.75. The Morgan fingerprint density at radius 2 is 2.12 bits per heavy atom. The molecule has 0 radical (unpaired) electrons. The van der Waals surface area contributed by atoms with Gasteiger partial charge in [0.05, 0.1) is 7.11 Å². The summed E-state index contributed by atoms with van der Waals surface area (Å²) in [6, 6.07) is 8.37. The molecule has 0 bridgehead atoms. The highest BCUT2D eigenvalue weighted by Crippen LogP contribution is 2.39. The predicted octanol–water partition coefficient (Wildman–Crippen LogP) is 2.72. The molecule has 2 N–H and O–H groups in total. The van der Waals surface area contributed by atoms with E-state index in [-0.39, 0.29) is 6.61 Å². The van der Waals surface area contributed by atoms with Crippen molar-refractivity contribution < 1.29 is 9.84 Å². The van der Waals surface area contributed by atoms with Gasteiger partial charge in [-0.2, -0.15) is 0 Å². The van der Waals surface area contributed by atoms with Crippen LogP contribution in [0.25, 0.3) is 0 Å². The van der Waals surface area contributed by atoms with Crippen molar-refractivity contribution in [1.29, 1.82) is 0 Å². The third-order valence-electron chi connectivity index (χ3n) is 5.06. The number of nitrogens with one attached hydrogen (secondary N) is 1. The summed E-state index contributed by atoms with van der Waals surface area (Å²) in [6.45, 7) is 2.71. The molecule has 1 saturated carbocycles. The van der Waals surface area contributed by atoms with E-state index in [2.05, 4.69) is 27.3 Å². The molecule has 1 aliphatic heterocycles. The van der Waals surface area contributed by atoms with E-state index in [0.29, 0.717) is 5.92 Å². The highest BCUT2D eigenvalue weighted by molar-refractivity contribution is 5.52. The van der Waals surface area contributed by atoms with Crippen LogP contribution in [0.1, 0.15) is 42.1 Å². The first-order valence-electron chi connectivity index (χ1n) is 9.41. The number of aromatic nitrogens is 2. The monoisotopic (exact) mass is 354 g/mol. The Hall–Kier alpha value is -2.34. The Labute approximate surface area is 154 Å². The normalized spacial score (nSPS) is 16.3. The summed E-state index contributed by atoms with van der Waals surface area (Å²) in [4.78, 5) is 11.9. The highest BCUT2D eigenvalue weighted by Gasteiger charge is 2.28. The van der Waals surface area contributed by atoms with Crippen molar-refractivity contribution in [2.24, 2.45) is 0 Å². The molecular formula is C20H26N4O2. The first-order valence-corrected chi connectivity index (χ1v) is 9.41. The van der Waals surface area contributed by atoms with Crippen LogP contribution in [0.3, 0.4) is 0 Å². The standard InChI is InChI=1S/C20H26N4O2/c1-26-17-6-5-16-13-24(9-7-15(16)11-17)19-12-18(21-8-2-10-25)22-20(23-19)14-3-4-14/h5-6,11-12,14,25H,2-4,7-10,13H2,1H3,(H,21,22,23). The Bertz CT molecular complexity index is 776. The summed E-state index contributed by atoms with van der Waals surface area (Å²) in [5, 5.41) is 12.3. The Kier molecular flexibility index (Phi) is 4.93. The Balaban J connectivity index is 1.56. The number of aliphatic hydroxyl groups is 1. The zero-order chi connectivity index (χ0) is 17.9. The maximum Gasteiger partial charge on any atom is 0.136 e. The molecule has 26 heavy (non-hydrogen) atoms. The minimum Gasteiger partial charge on any atom is -0.497 e. The second-order valence-electron chi connectivity index (χ2n) is 7.05. The van der Waals surface area contributed by atoms with Gasteiger partial charge in [0.1, 0.15) is 23.2 Å². The quantitative estimate of drug-likeness (QED) is 0.745. The van der Waals surface area contributed by atoms with E-state index in [0.717, 1.165) is 55.7 Å². The van der Waals surface area contributed by atoms with E-state index in [9.17, 15) is 0 Å². The van der Waals surface area contributed by atoms with E-state index in [1.165, 1.54) is 24.0 Å². The van der Waals surface area contributed by atoms with Crippen molar-refractivity contribution in [3.63, 3.8) is 0 Å². The molecular weight excluding hydrogens is 328 g/mol. The van der Waals surface area contributed by atoms with Crippen molar-refractivity contribution in [3.05, 3.63) is 41.2 Å². The van der Waals surface area contributed by atoms with Crippen LogP contribution in [0.5, 0.6) is 5.75 Å². The molecule has 138 valence electrons. The van der Waals surface area contributed by atoms with Gasteiger partial charge in [-0.15, -0.1) is 0 Å². The van der Waals surface area contributed by atoms with Gasteiger partial charge >= 0.3 is 0 Å². The zero-order valence-electron chi connectivity index (χ0n) is 15.2. The fourth-order valence-electron chi connectivity index (χ4n) is 3.38. The van der Waals surface area contributed by atoms with Gasteiger partial charge < -0.3 is 20.1 Å². The van der Waals surface area contributed by atoms with Crippen molar-refractivity contribution in [2.75, 3.05) is 37.0 Å². The van der Waals surface area contributed by atoms with Crippen LogP contribution in [0.15, 0.2) is 24.3 Å².